The van der Waals surface area contributed by atoms with Gasteiger partial charge in [-0.2, -0.15) is 0 Å². The van der Waals surface area contributed by atoms with Gasteiger partial charge in [0.05, 0.1) is 0 Å². The lowest BCUT2D eigenvalue weighted by atomic mass is 9.69. The highest BCUT2D eigenvalue weighted by atomic mass is 19.1. The molecule has 1 aromatic carbocycles. The summed E-state index contributed by atoms with van der Waals surface area (Å²) >= 11 is 0. The first kappa shape index (κ1) is 21.1. The molecule has 0 N–H and O–H groups in total. The summed E-state index contributed by atoms with van der Waals surface area (Å²) in [5.41, 5.74) is 1.33. The minimum Gasteiger partial charge on any atom is -0.207 e. The molecule has 0 aliphatic heterocycles. The Morgan fingerprint density at radius 1 is 0.690 bits per heavy atom. The zero-order chi connectivity index (χ0) is 20.1. The third-order valence-electron chi connectivity index (χ3n) is 8.72. The molecule has 0 amide bonds. The van der Waals surface area contributed by atoms with Gasteiger partial charge in [-0.3, -0.25) is 0 Å². The van der Waals surface area contributed by atoms with Crippen LogP contribution in [0.15, 0.2) is 36.4 Å². The minimum atomic E-state index is -0.117. The molecule has 0 spiro atoms. The van der Waals surface area contributed by atoms with Gasteiger partial charge in [-0.15, -0.1) is 0 Å². The number of halogens is 1. The molecule has 1 heteroatoms. The molecule has 0 saturated heterocycles. The van der Waals surface area contributed by atoms with E-state index in [2.05, 4.69) is 19.1 Å². The fraction of sp³-hybridized carbons (Fsp3) is 0.714. The fourth-order valence-electron chi connectivity index (χ4n) is 6.57. The standard InChI is InChI=1S/C28H41F/c1-2-21-5-11-24(12-6-21)25-13-7-22(8-14-25)3-4-23-9-15-26(16-10-23)27-17-19-28(29)20-18-27/h3-4,17-26H,2,5-16H2,1H3/t21-,22-,23-,24-,25-,26-. The summed E-state index contributed by atoms with van der Waals surface area (Å²) in [5.74, 6) is 5.24. The van der Waals surface area contributed by atoms with Gasteiger partial charge in [0.15, 0.2) is 0 Å². The first-order chi connectivity index (χ1) is 14.2. The largest absolute Gasteiger partial charge is 0.207 e. The molecule has 1 aromatic rings. The fourth-order valence-corrected chi connectivity index (χ4v) is 6.57. The Kier molecular flexibility index (Phi) is 7.49. The molecule has 0 atom stereocenters. The molecule has 29 heavy (non-hydrogen) atoms. The highest BCUT2D eigenvalue weighted by Crippen LogP contribution is 2.42. The first-order valence-corrected chi connectivity index (χ1v) is 12.6. The molecule has 0 aromatic heterocycles. The zero-order valence-electron chi connectivity index (χ0n) is 18.5. The van der Waals surface area contributed by atoms with Crippen molar-refractivity contribution in [3.63, 3.8) is 0 Å². The van der Waals surface area contributed by atoms with E-state index in [1.54, 1.807) is 12.1 Å². The summed E-state index contributed by atoms with van der Waals surface area (Å²) in [4.78, 5) is 0. The Bertz CT molecular complexity index is 621. The van der Waals surface area contributed by atoms with Crippen molar-refractivity contribution in [1.82, 2.24) is 0 Å². The van der Waals surface area contributed by atoms with Crippen LogP contribution in [0.1, 0.15) is 102 Å². The number of hydrogen-bond donors (Lipinski definition) is 0. The van der Waals surface area contributed by atoms with Crippen LogP contribution in [0.3, 0.4) is 0 Å². The van der Waals surface area contributed by atoms with Crippen molar-refractivity contribution in [3.8, 4) is 0 Å². The summed E-state index contributed by atoms with van der Waals surface area (Å²) in [6, 6.07) is 7.22. The zero-order valence-corrected chi connectivity index (χ0v) is 18.5. The van der Waals surface area contributed by atoms with Crippen molar-refractivity contribution < 1.29 is 4.39 Å². The van der Waals surface area contributed by atoms with Crippen molar-refractivity contribution in [2.75, 3.05) is 0 Å². The van der Waals surface area contributed by atoms with E-state index in [4.69, 9.17) is 0 Å². The highest BCUT2D eigenvalue weighted by Gasteiger charge is 2.30. The quantitative estimate of drug-likeness (QED) is 0.437. The molecule has 0 radical (unpaired) electrons. The molecule has 160 valence electrons. The van der Waals surface area contributed by atoms with Crippen LogP contribution in [0, 0.1) is 35.4 Å². The summed E-state index contributed by atoms with van der Waals surface area (Å²) in [7, 11) is 0. The summed E-state index contributed by atoms with van der Waals surface area (Å²) < 4.78 is 13.1. The van der Waals surface area contributed by atoms with Crippen molar-refractivity contribution in [3.05, 3.63) is 47.8 Å². The monoisotopic (exact) mass is 396 g/mol. The van der Waals surface area contributed by atoms with E-state index in [0.717, 1.165) is 29.6 Å². The van der Waals surface area contributed by atoms with E-state index in [1.807, 2.05) is 12.1 Å². The summed E-state index contributed by atoms with van der Waals surface area (Å²) in [5, 5.41) is 0. The Morgan fingerprint density at radius 2 is 1.17 bits per heavy atom. The average Bonchev–Trinajstić information content (AvgIpc) is 2.79. The van der Waals surface area contributed by atoms with E-state index in [9.17, 15) is 4.39 Å². The van der Waals surface area contributed by atoms with E-state index in [0.29, 0.717) is 5.92 Å². The van der Waals surface area contributed by atoms with Crippen molar-refractivity contribution in [1.29, 1.82) is 0 Å². The first-order valence-electron chi connectivity index (χ1n) is 12.6. The lowest BCUT2D eigenvalue weighted by molar-refractivity contribution is 0.154. The van der Waals surface area contributed by atoms with Gasteiger partial charge in [0.25, 0.3) is 0 Å². The SMILES string of the molecule is CC[C@H]1CC[C@H]([C@H]2CC[C@H](C=C[C@H]3CC[C@H](c4ccc(F)cc4)CC3)CC2)CC1. The van der Waals surface area contributed by atoms with Gasteiger partial charge >= 0.3 is 0 Å². The predicted molar refractivity (Wildman–Crippen MR) is 121 cm³/mol. The molecule has 0 nitrogen and oxygen atoms in total. The smallest absolute Gasteiger partial charge is 0.123 e. The van der Waals surface area contributed by atoms with Gasteiger partial charge in [0.1, 0.15) is 5.82 Å². The Balaban J connectivity index is 1.17. The second-order valence-electron chi connectivity index (χ2n) is 10.4. The van der Waals surface area contributed by atoms with Crippen molar-refractivity contribution in [2.45, 2.75) is 96.3 Å². The van der Waals surface area contributed by atoms with Gasteiger partial charge < -0.3 is 0 Å². The van der Waals surface area contributed by atoms with Gasteiger partial charge in [0, 0.05) is 0 Å². The number of hydrogen-bond acceptors (Lipinski definition) is 0. The van der Waals surface area contributed by atoms with E-state index >= 15 is 0 Å². The molecule has 3 saturated carbocycles. The lowest BCUT2D eigenvalue weighted by Gasteiger charge is -2.37. The van der Waals surface area contributed by atoms with Gasteiger partial charge in [-0.25, -0.2) is 4.39 Å². The number of rotatable bonds is 5. The molecule has 0 unspecified atom stereocenters. The molecular weight excluding hydrogens is 355 g/mol. The van der Waals surface area contributed by atoms with Crippen molar-refractivity contribution >= 4 is 0 Å². The average molecular weight is 397 g/mol. The molecule has 0 heterocycles. The van der Waals surface area contributed by atoms with Crippen LogP contribution in [-0.2, 0) is 0 Å². The molecule has 0 bridgehead atoms. The van der Waals surface area contributed by atoms with Crippen LogP contribution in [0.4, 0.5) is 4.39 Å². The van der Waals surface area contributed by atoms with Crippen molar-refractivity contribution in [2.24, 2.45) is 29.6 Å². The third kappa shape index (κ3) is 5.74. The molecule has 4 rings (SSSR count). The van der Waals surface area contributed by atoms with Crippen LogP contribution >= 0.6 is 0 Å². The van der Waals surface area contributed by atoms with Gasteiger partial charge in [0.2, 0.25) is 0 Å². The maximum absolute atomic E-state index is 13.1. The van der Waals surface area contributed by atoms with Crippen LogP contribution in [0.5, 0.6) is 0 Å². The third-order valence-corrected chi connectivity index (χ3v) is 8.72. The molecule has 3 aliphatic rings. The molecule has 3 aliphatic carbocycles. The van der Waals surface area contributed by atoms with E-state index in [-0.39, 0.29) is 5.82 Å². The van der Waals surface area contributed by atoms with Crippen LogP contribution in [0.2, 0.25) is 0 Å². The highest BCUT2D eigenvalue weighted by molar-refractivity contribution is 5.21. The Labute approximate surface area is 178 Å². The molecule has 3 fully saturated rings. The minimum absolute atomic E-state index is 0.117. The van der Waals surface area contributed by atoms with Crippen LogP contribution in [-0.4, -0.2) is 0 Å². The molecular formula is C28H41F. The van der Waals surface area contributed by atoms with Crippen LogP contribution in [0.25, 0.3) is 0 Å². The van der Waals surface area contributed by atoms with Gasteiger partial charge in [-0.1, -0.05) is 50.5 Å². The summed E-state index contributed by atoms with van der Waals surface area (Å²) in [6.45, 7) is 2.37. The van der Waals surface area contributed by atoms with Gasteiger partial charge in [-0.05, 0) is 117 Å². The van der Waals surface area contributed by atoms with E-state index < -0.39 is 0 Å². The normalized spacial score (nSPS) is 36.3. The lowest BCUT2D eigenvalue weighted by Crippen LogP contribution is -2.25. The Hall–Kier alpha value is -1.11. The maximum Gasteiger partial charge on any atom is 0.123 e. The number of allylic oxidation sites excluding steroid dienone is 2. The van der Waals surface area contributed by atoms with E-state index in [1.165, 1.54) is 89.0 Å². The topological polar surface area (TPSA) is 0 Å². The maximum atomic E-state index is 13.1. The summed E-state index contributed by atoms with van der Waals surface area (Å²) in [6.07, 6.45) is 23.5. The number of benzene rings is 1. The Morgan fingerprint density at radius 3 is 1.69 bits per heavy atom. The second kappa shape index (κ2) is 10.3. The second-order valence-corrected chi connectivity index (χ2v) is 10.4. The predicted octanol–water partition coefficient (Wildman–Crippen LogP) is 8.68. The van der Waals surface area contributed by atoms with Crippen LogP contribution < -0.4 is 0 Å².